The van der Waals surface area contributed by atoms with E-state index in [1.807, 2.05) is 0 Å². The van der Waals surface area contributed by atoms with Gasteiger partial charge in [-0.1, -0.05) is 12.1 Å². The Labute approximate surface area is 121 Å². The van der Waals surface area contributed by atoms with Gasteiger partial charge in [0.2, 0.25) is 0 Å². The zero-order chi connectivity index (χ0) is 15.5. The topological polar surface area (TPSA) is 95.7 Å². The van der Waals surface area contributed by atoms with E-state index >= 15 is 0 Å². The van der Waals surface area contributed by atoms with Crippen LogP contribution in [0.3, 0.4) is 0 Å². The van der Waals surface area contributed by atoms with Gasteiger partial charge in [0.1, 0.15) is 5.31 Å². The Hall–Kier alpha value is -1.82. The van der Waals surface area contributed by atoms with Gasteiger partial charge >= 0.3 is 7.60 Å². The molecule has 0 N–H and O–H groups in total. The third kappa shape index (κ3) is 3.64. The third-order valence-electron chi connectivity index (χ3n) is 2.85. The van der Waals surface area contributed by atoms with Crippen LogP contribution in [0, 0.1) is 10.1 Å². The molecule has 0 bridgehead atoms. The van der Waals surface area contributed by atoms with Crippen molar-refractivity contribution in [3.8, 4) is 0 Å². The van der Waals surface area contributed by atoms with Crippen LogP contribution >= 0.6 is 7.60 Å². The van der Waals surface area contributed by atoms with Crippen molar-refractivity contribution in [3.05, 3.63) is 45.3 Å². The highest BCUT2D eigenvalue weighted by molar-refractivity contribution is 7.60. The minimum atomic E-state index is -3.64. The van der Waals surface area contributed by atoms with Crippen LogP contribution in [-0.4, -0.2) is 23.9 Å². The van der Waals surface area contributed by atoms with Gasteiger partial charge in [0.25, 0.3) is 5.69 Å². The van der Waals surface area contributed by atoms with Crippen LogP contribution in [0.15, 0.2) is 29.6 Å². The molecule has 1 aliphatic heterocycles. The van der Waals surface area contributed by atoms with Crippen LogP contribution in [-0.2, 0) is 18.4 Å². The number of carbonyl (C=O) groups is 1. The molecule has 8 heteroatoms. The van der Waals surface area contributed by atoms with E-state index in [1.165, 1.54) is 31.2 Å². The maximum absolute atomic E-state index is 12.5. The van der Waals surface area contributed by atoms with Gasteiger partial charge in [-0.2, -0.15) is 0 Å². The molecule has 0 unspecified atom stereocenters. The van der Waals surface area contributed by atoms with Crippen LogP contribution in [0.4, 0.5) is 5.69 Å². The molecule has 1 aromatic rings. The molecule has 0 spiro atoms. The number of hydrogen-bond acceptors (Lipinski definition) is 6. The fourth-order valence-corrected chi connectivity index (χ4v) is 3.65. The van der Waals surface area contributed by atoms with Crippen molar-refractivity contribution in [1.29, 1.82) is 0 Å². The van der Waals surface area contributed by atoms with Gasteiger partial charge in [-0.3, -0.25) is 19.5 Å². The summed E-state index contributed by atoms with van der Waals surface area (Å²) >= 11 is 0. The van der Waals surface area contributed by atoms with E-state index in [0.717, 1.165) is 0 Å². The number of allylic oxidation sites excluding steroid dienone is 1. The Morgan fingerprint density at radius 3 is 2.62 bits per heavy atom. The molecule has 0 radical (unpaired) electrons. The number of Topliss-reactive ketones (excluding diaryl/α,β-unsaturated/α-hetero) is 1. The highest BCUT2D eigenvalue weighted by atomic mass is 31.2. The van der Waals surface area contributed by atoms with Gasteiger partial charge in [0, 0.05) is 12.1 Å². The van der Waals surface area contributed by atoms with Crippen LogP contribution in [0.1, 0.15) is 18.9 Å². The predicted molar refractivity (Wildman–Crippen MR) is 75.9 cm³/mol. The average molecular weight is 311 g/mol. The van der Waals surface area contributed by atoms with Gasteiger partial charge in [-0.05, 0) is 25.0 Å². The van der Waals surface area contributed by atoms with E-state index in [9.17, 15) is 19.5 Å². The Kier molecular flexibility index (Phi) is 4.67. The molecule has 1 fully saturated rings. The molecule has 1 heterocycles. The molecule has 1 aliphatic rings. The van der Waals surface area contributed by atoms with Crippen molar-refractivity contribution in [1.82, 2.24) is 0 Å². The predicted octanol–water partition coefficient (Wildman–Crippen LogP) is 3.15. The van der Waals surface area contributed by atoms with Gasteiger partial charge < -0.3 is 9.05 Å². The second-order valence-electron chi connectivity index (χ2n) is 4.46. The maximum Gasteiger partial charge on any atom is 0.364 e. The number of nitrogens with zero attached hydrogens (tertiary/aromatic N) is 1. The first-order valence-electron chi connectivity index (χ1n) is 6.29. The second-order valence-corrected chi connectivity index (χ2v) is 6.45. The number of hydrogen-bond donors (Lipinski definition) is 0. The molecule has 1 aromatic carbocycles. The normalized spacial score (nSPS) is 18.2. The number of carbonyl (C=O) groups excluding carboxylic acids is 1. The summed E-state index contributed by atoms with van der Waals surface area (Å²) in [5, 5.41) is 10.7. The van der Waals surface area contributed by atoms with Crippen molar-refractivity contribution in [2.75, 3.05) is 13.2 Å². The Morgan fingerprint density at radius 1 is 1.38 bits per heavy atom. The number of nitro benzene ring substituents is 1. The lowest BCUT2D eigenvalue weighted by molar-refractivity contribution is -0.384. The Bertz CT molecular complexity index is 644. The summed E-state index contributed by atoms with van der Waals surface area (Å²) in [5.41, 5.74) is 0.276. The largest absolute Gasteiger partial charge is 0.364 e. The minimum Gasteiger partial charge on any atom is -0.305 e. The van der Waals surface area contributed by atoms with Crippen molar-refractivity contribution in [2.24, 2.45) is 0 Å². The smallest absolute Gasteiger partial charge is 0.305 e. The van der Waals surface area contributed by atoms with Crippen molar-refractivity contribution in [3.63, 3.8) is 0 Å². The van der Waals surface area contributed by atoms with E-state index < -0.39 is 18.3 Å². The van der Waals surface area contributed by atoms with Crippen LogP contribution in [0.25, 0.3) is 6.08 Å². The first-order valence-corrected chi connectivity index (χ1v) is 7.83. The molecule has 0 aliphatic carbocycles. The molecule has 7 nitrogen and oxygen atoms in total. The lowest BCUT2D eigenvalue weighted by atomic mass is 10.2. The lowest BCUT2D eigenvalue weighted by Crippen LogP contribution is -2.12. The molecule has 0 amide bonds. The summed E-state index contributed by atoms with van der Waals surface area (Å²) < 4.78 is 22.8. The van der Waals surface area contributed by atoms with E-state index in [4.69, 9.17) is 9.05 Å². The van der Waals surface area contributed by atoms with Gasteiger partial charge in [-0.15, -0.1) is 0 Å². The summed E-state index contributed by atoms with van der Waals surface area (Å²) in [6.07, 6.45) is 1.92. The molecule has 2 rings (SSSR count). The molecular formula is C13H14NO6P. The fraction of sp³-hybridized carbons (Fsp3) is 0.308. The average Bonchev–Trinajstić information content (AvgIpc) is 2.45. The van der Waals surface area contributed by atoms with Crippen molar-refractivity contribution >= 4 is 25.1 Å². The number of rotatable bonds is 4. The molecular weight excluding hydrogens is 297 g/mol. The first-order chi connectivity index (χ1) is 9.92. The minimum absolute atomic E-state index is 0.0947. The standard InChI is InChI=1S/C13H14NO6P/c1-10(15)13(21(18)19-6-3-7-20-21)9-11-4-2-5-12(8-11)14(16)17/h2,4-5,8-9H,3,6-7H2,1H3. The second kappa shape index (κ2) is 6.30. The Balaban J connectivity index is 2.42. The van der Waals surface area contributed by atoms with Crippen LogP contribution < -0.4 is 0 Å². The van der Waals surface area contributed by atoms with E-state index in [2.05, 4.69) is 0 Å². The summed E-state index contributed by atoms with van der Waals surface area (Å²) in [5.74, 6) is -0.452. The quantitative estimate of drug-likeness (QED) is 0.367. The summed E-state index contributed by atoms with van der Waals surface area (Å²) in [4.78, 5) is 21.9. The van der Waals surface area contributed by atoms with Gasteiger partial charge in [0.05, 0.1) is 18.1 Å². The maximum atomic E-state index is 12.5. The molecule has 112 valence electrons. The summed E-state index contributed by atoms with van der Waals surface area (Å²) in [6.45, 7) is 1.75. The molecule has 0 saturated carbocycles. The number of nitro groups is 1. The molecule has 0 aromatic heterocycles. The van der Waals surface area contributed by atoms with Crippen LogP contribution in [0.5, 0.6) is 0 Å². The fourth-order valence-electron chi connectivity index (χ4n) is 1.86. The van der Waals surface area contributed by atoms with E-state index in [-0.39, 0.29) is 24.2 Å². The highest BCUT2D eigenvalue weighted by Crippen LogP contribution is 2.58. The Morgan fingerprint density at radius 2 is 2.05 bits per heavy atom. The number of benzene rings is 1. The molecule has 0 atom stereocenters. The number of ketones is 1. The summed E-state index contributed by atoms with van der Waals surface area (Å²) in [6, 6.07) is 5.69. The highest BCUT2D eigenvalue weighted by Gasteiger charge is 2.35. The summed E-state index contributed by atoms with van der Waals surface area (Å²) in [7, 11) is -3.64. The SMILES string of the molecule is CC(=O)C(=Cc1cccc([N+](=O)[O-])c1)P1(=O)OCCCO1. The van der Waals surface area contributed by atoms with Crippen molar-refractivity contribution < 1.29 is 23.3 Å². The van der Waals surface area contributed by atoms with Crippen molar-refractivity contribution in [2.45, 2.75) is 13.3 Å². The zero-order valence-corrected chi connectivity index (χ0v) is 12.2. The van der Waals surface area contributed by atoms with Crippen LogP contribution in [0.2, 0.25) is 0 Å². The van der Waals surface area contributed by atoms with E-state index in [0.29, 0.717) is 12.0 Å². The first kappa shape index (κ1) is 15.6. The van der Waals surface area contributed by atoms with Gasteiger partial charge in [0.15, 0.2) is 5.78 Å². The zero-order valence-electron chi connectivity index (χ0n) is 11.4. The third-order valence-corrected chi connectivity index (χ3v) is 4.93. The molecule has 1 saturated heterocycles. The van der Waals surface area contributed by atoms with Gasteiger partial charge in [-0.25, -0.2) is 0 Å². The number of non-ortho nitro benzene ring substituents is 1. The lowest BCUT2D eigenvalue weighted by Gasteiger charge is -2.23. The monoisotopic (exact) mass is 311 g/mol. The molecule has 21 heavy (non-hydrogen) atoms. The van der Waals surface area contributed by atoms with E-state index in [1.54, 1.807) is 6.07 Å².